The summed E-state index contributed by atoms with van der Waals surface area (Å²) >= 11 is 0. The highest BCUT2D eigenvalue weighted by Gasteiger charge is 2.35. The van der Waals surface area contributed by atoms with E-state index < -0.39 is 6.10 Å². The van der Waals surface area contributed by atoms with Gasteiger partial charge in [-0.25, -0.2) is 0 Å². The van der Waals surface area contributed by atoms with Crippen LogP contribution in [0.4, 0.5) is 0 Å². The molecule has 1 N–H and O–H groups in total. The minimum absolute atomic E-state index is 0.0502. The first-order chi connectivity index (χ1) is 29.1. The van der Waals surface area contributed by atoms with Gasteiger partial charge in [-0.1, -0.05) is 127 Å². The van der Waals surface area contributed by atoms with Crippen LogP contribution in [0.5, 0.6) is 23.0 Å². The molecule has 6 aromatic carbocycles. The number of hydrogen-bond donors (Lipinski definition) is 1. The van der Waals surface area contributed by atoms with Crippen LogP contribution in [0, 0.1) is 0 Å². The maximum absolute atomic E-state index is 10.5. The number of benzene rings is 6. The van der Waals surface area contributed by atoms with Crippen LogP contribution in [0.25, 0.3) is 0 Å². The van der Waals surface area contributed by atoms with Gasteiger partial charge in [-0.15, -0.1) is 0 Å². The molecule has 8 rings (SSSR count). The summed E-state index contributed by atoms with van der Waals surface area (Å²) in [7, 11) is 0. The third-order valence-corrected chi connectivity index (χ3v) is 10.3. The van der Waals surface area contributed by atoms with Crippen LogP contribution in [0.1, 0.15) is 54.4 Å². The van der Waals surface area contributed by atoms with Crippen molar-refractivity contribution in [1.82, 2.24) is 0 Å². The number of allylic oxidation sites excluding steroid dienone is 1. The first-order valence-electron chi connectivity index (χ1n) is 20.7. The smallest absolute Gasteiger partial charge is 0.150 e. The molecular formula is C52H54O7. The van der Waals surface area contributed by atoms with Crippen LogP contribution < -0.4 is 18.9 Å². The summed E-state index contributed by atoms with van der Waals surface area (Å²) in [5.74, 6) is 3.15. The minimum atomic E-state index is -0.534. The Morgan fingerprint density at radius 3 is 1.34 bits per heavy atom. The highest BCUT2D eigenvalue weighted by molar-refractivity contribution is 5.33. The van der Waals surface area contributed by atoms with E-state index >= 15 is 0 Å². The van der Waals surface area contributed by atoms with Crippen molar-refractivity contribution in [2.75, 3.05) is 0 Å². The lowest BCUT2D eigenvalue weighted by molar-refractivity contribution is -0.106. The molecule has 304 valence electrons. The Bertz CT molecular complexity index is 2080. The van der Waals surface area contributed by atoms with E-state index in [1.165, 1.54) is 5.56 Å². The molecule has 0 bridgehead atoms. The van der Waals surface area contributed by atoms with E-state index in [1.54, 1.807) is 0 Å². The average Bonchev–Trinajstić information content (AvgIpc) is 3.30. The van der Waals surface area contributed by atoms with Gasteiger partial charge in [0.25, 0.3) is 0 Å². The Hall–Kier alpha value is -5.86. The second kappa shape index (κ2) is 22.3. The van der Waals surface area contributed by atoms with Crippen molar-refractivity contribution in [3.05, 3.63) is 204 Å². The largest absolute Gasteiger partial charge is 0.489 e. The van der Waals surface area contributed by atoms with Gasteiger partial charge >= 0.3 is 0 Å². The Morgan fingerprint density at radius 1 is 0.424 bits per heavy atom. The Labute approximate surface area is 348 Å². The maximum Gasteiger partial charge on any atom is 0.150 e. The molecule has 0 aromatic heterocycles. The SMILES string of the molecule is C1=CC(Oc2ccc(OCc3ccccc3)cc2)C(OCc2ccccc2)CC1.OC1CCCC(OCc2ccccc2)C1Oc1ccc(OCc2ccccc2)cc1. The minimum Gasteiger partial charge on any atom is -0.489 e. The molecule has 0 heterocycles. The van der Waals surface area contributed by atoms with E-state index in [1.807, 2.05) is 146 Å². The summed E-state index contributed by atoms with van der Waals surface area (Å²) in [6, 6.07) is 56.0. The van der Waals surface area contributed by atoms with Crippen molar-refractivity contribution in [3.63, 3.8) is 0 Å². The lowest BCUT2D eigenvalue weighted by Crippen LogP contribution is -2.46. The quantitative estimate of drug-likeness (QED) is 0.0979. The molecule has 1 saturated carbocycles. The van der Waals surface area contributed by atoms with E-state index in [9.17, 15) is 5.11 Å². The predicted molar refractivity (Wildman–Crippen MR) is 232 cm³/mol. The summed E-state index contributed by atoms with van der Waals surface area (Å²) in [4.78, 5) is 0. The predicted octanol–water partition coefficient (Wildman–Crippen LogP) is 11.1. The van der Waals surface area contributed by atoms with Crippen molar-refractivity contribution < 1.29 is 33.5 Å². The lowest BCUT2D eigenvalue weighted by Gasteiger charge is -2.35. The third kappa shape index (κ3) is 13.3. The highest BCUT2D eigenvalue weighted by atomic mass is 16.6. The maximum atomic E-state index is 10.5. The summed E-state index contributed by atoms with van der Waals surface area (Å²) in [6.45, 7) is 2.20. The van der Waals surface area contributed by atoms with Gasteiger partial charge in [0.15, 0.2) is 6.10 Å². The van der Waals surface area contributed by atoms with Crippen LogP contribution in [0.2, 0.25) is 0 Å². The first kappa shape index (κ1) is 41.3. The fourth-order valence-electron chi connectivity index (χ4n) is 7.09. The second-order valence-electron chi connectivity index (χ2n) is 14.8. The monoisotopic (exact) mass is 790 g/mol. The number of aliphatic hydroxyl groups excluding tert-OH is 1. The molecule has 0 aliphatic heterocycles. The summed E-state index contributed by atoms with van der Waals surface area (Å²) in [5, 5.41) is 10.5. The fraction of sp³-hybridized carbons (Fsp3) is 0.269. The summed E-state index contributed by atoms with van der Waals surface area (Å²) in [5.41, 5.74) is 4.58. The number of ether oxygens (including phenoxy) is 6. The summed E-state index contributed by atoms with van der Waals surface area (Å²) in [6.07, 6.45) is 7.74. The number of rotatable bonds is 16. The van der Waals surface area contributed by atoms with E-state index in [2.05, 4.69) is 36.4 Å². The zero-order valence-corrected chi connectivity index (χ0v) is 33.5. The van der Waals surface area contributed by atoms with E-state index in [0.29, 0.717) is 32.2 Å². The van der Waals surface area contributed by atoms with Crippen molar-refractivity contribution in [3.8, 4) is 23.0 Å². The van der Waals surface area contributed by atoms with Gasteiger partial charge in [0.05, 0.1) is 31.5 Å². The zero-order chi connectivity index (χ0) is 40.3. The number of hydrogen-bond acceptors (Lipinski definition) is 7. The van der Waals surface area contributed by atoms with Crippen LogP contribution in [0.15, 0.2) is 182 Å². The van der Waals surface area contributed by atoms with Gasteiger partial charge in [-0.2, -0.15) is 0 Å². The molecule has 2 aliphatic carbocycles. The van der Waals surface area contributed by atoms with E-state index in [-0.39, 0.29) is 24.4 Å². The van der Waals surface area contributed by atoms with Crippen LogP contribution >= 0.6 is 0 Å². The van der Waals surface area contributed by atoms with Gasteiger partial charge in [-0.3, -0.25) is 0 Å². The molecule has 0 amide bonds. The van der Waals surface area contributed by atoms with Crippen molar-refractivity contribution >= 4 is 0 Å². The van der Waals surface area contributed by atoms with Gasteiger partial charge in [-0.05, 0) is 109 Å². The average molecular weight is 791 g/mol. The molecule has 59 heavy (non-hydrogen) atoms. The van der Waals surface area contributed by atoms with Gasteiger partial charge in [0, 0.05) is 0 Å². The van der Waals surface area contributed by atoms with E-state index in [4.69, 9.17) is 28.4 Å². The standard InChI is InChI=1S/C26H28O4.C26H26O3/c27-24-12-7-13-25(29-19-21-10-5-2-6-11-21)26(24)30-23-16-14-22(15-17-23)28-18-20-8-3-1-4-9-20;1-3-9-21(10-4-1)19-27-23-15-17-24(18-16-23)29-26-14-8-7-13-25(26)28-20-22-11-5-2-6-12-22/h1-6,8-11,14-17,24-27H,7,12-13,18-19H2;1-6,8-12,14-18,25-26H,7,13,19-20H2. The lowest BCUT2D eigenvalue weighted by atomic mass is 9.91. The van der Waals surface area contributed by atoms with Gasteiger partial charge in [0.2, 0.25) is 0 Å². The van der Waals surface area contributed by atoms with E-state index in [0.717, 1.165) is 66.0 Å². The second-order valence-corrected chi connectivity index (χ2v) is 14.8. The van der Waals surface area contributed by atoms with Crippen molar-refractivity contribution in [2.24, 2.45) is 0 Å². The molecular weight excluding hydrogens is 737 g/mol. The van der Waals surface area contributed by atoms with Gasteiger partial charge < -0.3 is 33.5 Å². The normalized spacial score (nSPS) is 19.8. The molecule has 0 saturated heterocycles. The Kier molecular flexibility index (Phi) is 15.6. The Balaban J connectivity index is 0.000000179. The number of aliphatic hydroxyl groups is 1. The molecule has 7 nitrogen and oxygen atoms in total. The van der Waals surface area contributed by atoms with Crippen molar-refractivity contribution in [1.29, 1.82) is 0 Å². The molecule has 2 aliphatic rings. The fourth-order valence-corrected chi connectivity index (χ4v) is 7.09. The van der Waals surface area contributed by atoms with Crippen LogP contribution in [-0.2, 0) is 35.9 Å². The van der Waals surface area contributed by atoms with Gasteiger partial charge in [0.1, 0.15) is 42.3 Å². The topological polar surface area (TPSA) is 75.6 Å². The molecule has 5 unspecified atom stereocenters. The molecule has 0 spiro atoms. The molecule has 5 atom stereocenters. The first-order valence-corrected chi connectivity index (χ1v) is 20.7. The van der Waals surface area contributed by atoms with Crippen LogP contribution in [0.3, 0.4) is 0 Å². The molecule has 1 fully saturated rings. The third-order valence-electron chi connectivity index (χ3n) is 10.3. The molecule has 7 heteroatoms. The Morgan fingerprint density at radius 2 is 0.847 bits per heavy atom. The summed E-state index contributed by atoms with van der Waals surface area (Å²) < 4.78 is 36.3. The van der Waals surface area contributed by atoms with Crippen LogP contribution in [-0.4, -0.2) is 35.6 Å². The molecule has 6 aromatic rings. The highest BCUT2D eigenvalue weighted by Crippen LogP contribution is 2.29. The van der Waals surface area contributed by atoms with Crippen molar-refractivity contribution in [2.45, 2.75) is 89.1 Å². The molecule has 0 radical (unpaired) electrons. The zero-order valence-electron chi connectivity index (χ0n) is 33.5.